The van der Waals surface area contributed by atoms with E-state index in [0.717, 1.165) is 11.1 Å². The molecule has 10 heteroatoms. The Hall–Kier alpha value is -4.86. The van der Waals surface area contributed by atoms with Crippen molar-refractivity contribution in [1.82, 2.24) is 20.9 Å². The molecule has 2 atom stereocenters. The van der Waals surface area contributed by atoms with E-state index in [0.29, 0.717) is 17.9 Å². The van der Waals surface area contributed by atoms with Crippen molar-refractivity contribution in [3.63, 3.8) is 0 Å². The minimum Gasteiger partial charge on any atom is -0.492 e. The first-order valence-electron chi connectivity index (χ1n) is 14.8. The highest BCUT2D eigenvalue weighted by Crippen LogP contribution is 2.22. The van der Waals surface area contributed by atoms with Crippen molar-refractivity contribution in [2.24, 2.45) is 5.92 Å². The monoisotopic (exact) mass is 600 g/mol. The molecule has 10 nitrogen and oxygen atoms in total. The summed E-state index contributed by atoms with van der Waals surface area (Å²) in [7, 11) is 1.64. The van der Waals surface area contributed by atoms with E-state index in [1.54, 1.807) is 31.3 Å². The molecule has 0 saturated heterocycles. The molecule has 0 fully saturated rings. The molecule has 0 radical (unpaired) electrons. The van der Waals surface area contributed by atoms with Crippen LogP contribution >= 0.6 is 0 Å². The first-order valence-corrected chi connectivity index (χ1v) is 14.8. The van der Waals surface area contributed by atoms with Crippen LogP contribution in [0.4, 0.5) is 0 Å². The summed E-state index contributed by atoms with van der Waals surface area (Å²) in [6.45, 7) is 4.66. The molecular formula is C34H40N4O6. The van der Waals surface area contributed by atoms with E-state index in [-0.39, 0.29) is 50.1 Å². The number of rotatable bonds is 8. The predicted molar refractivity (Wildman–Crippen MR) is 167 cm³/mol. The van der Waals surface area contributed by atoms with Crippen LogP contribution in [-0.2, 0) is 14.4 Å². The average molecular weight is 601 g/mol. The molecule has 3 N–H and O–H groups in total. The third kappa shape index (κ3) is 9.07. The number of carbonyl (C=O) groups is 4. The first kappa shape index (κ1) is 32.1. The third-order valence-electron chi connectivity index (χ3n) is 7.18. The van der Waals surface area contributed by atoms with Gasteiger partial charge in [-0.05, 0) is 47.7 Å². The first-order chi connectivity index (χ1) is 21.2. The molecule has 1 aliphatic heterocycles. The Morgan fingerprint density at radius 1 is 0.955 bits per heavy atom. The number of ether oxygens (including phenoxy) is 2. The molecule has 4 amide bonds. The summed E-state index contributed by atoms with van der Waals surface area (Å²) in [4.78, 5) is 54.4. The van der Waals surface area contributed by atoms with E-state index in [4.69, 9.17) is 9.47 Å². The van der Waals surface area contributed by atoms with Gasteiger partial charge in [-0.1, -0.05) is 68.4 Å². The average Bonchev–Trinajstić information content (AvgIpc) is 3.02. The predicted octanol–water partition coefficient (Wildman–Crippen LogP) is 3.42. The van der Waals surface area contributed by atoms with Crippen LogP contribution in [-0.4, -0.2) is 74.0 Å². The minimum atomic E-state index is -1.20. The summed E-state index contributed by atoms with van der Waals surface area (Å²) in [6.07, 6.45) is 0.0689. The highest BCUT2D eigenvalue weighted by molar-refractivity contribution is 6.01. The Bertz CT molecular complexity index is 1430. The van der Waals surface area contributed by atoms with E-state index in [2.05, 4.69) is 16.0 Å². The van der Waals surface area contributed by atoms with Gasteiger partial charge in [0.15, 0.2) is 0 Å². The second-order valence-electron chi connectivity index (χ2n) is 11.1. The summed E-state index contributed by atoms with van der Waals surface area (Å²) in [6, 6.07) is 22.3. The number of hydrogen-bond acceptors (Lipinski definition) is 6. The van der Waals surface area contributed by atoms with Crippen LogP contribution in [0.3, 0.4) is 0 Å². The fourth-order valence-electron chi connectivity index (χ4n) is 4.87. The number of likely N-dealkylation sites (N-methyl/N-ethyl adjacent to an activating group) is 1. The molecule has 0 bridgehead atoms. The summed E-state index contributed by atoms with van der Waals surface area (Å²) >= 11 is 0. The second-order valence-corrected chi connectivity index (χ2v) is 11.1. The lowest BCUT2D eigenvalue weighted by molar-refractivity contribution is -0.136. The molecular weight excluding hydrogens is 560 g/mol. The van der Waals surface area contributed by atoms with Crippen molar-refractivity contribution >= 4 is 23.6 Å². The maximum atomic E-state index is 13.3. The number of nitrogens with one attached hydrogen (secondary N) is 3. The lowest BCUT2D eigenvalue weighted by Crippen LogP contribution is -2.53. The number of para-hydroxylation sites is 1. The van der Waals surface area contributed by atoms with E-state index >= 15 is 0 Å². The normalized spacial score (nSPS) is 17.9. The van der Waals surface area contributed by atoms with Gasteiger partial charge in [0.1, 0.15) is 36.8 Å². The largest absolute Gasteiger partial charge is 0.492 e. The van der Waals surface area contributed by atoms with Crippen molar-refractivity contribution in [1.29, 1.82) is 0 Å². The van der Waals surface area contributed by atoms with Crippen molar-refractivity contribution in [3.05, 3.63) is 84.4 Å². The summed E-state index contributed by atoms with van der Waals surface area (Å²) in [5.74, 6) is -0.777. The zero-order valence-electron chi connectivity index (χ0n) is 25.4. The fraction of sp³-hybridized carbons (Fsp3) is 0.353. The molecule has 3 aromatic rings. The van der Waals surface area contributed by atoms with Crippen molar-refractivity contribution in [2.75, 3.05) is 33.4 Å². The number of nitrogens with zero attached hydrogens (tertiary/aromatic N) is 1. The Kier molecular flexibility index (Phi) is 11.3. The van der Waals surface area contributed by atoms with Gasteiger partial charge >= 0.3 is 0 Å². The quantitative estimate of drug-likeness (QED) is 0.340. The molecule has 1 heterocycles. The Labute approximate surface area is 258 Å². The van der Waals surface area contributed by atoms with Gasteiger partial charge in [-0.2, -0.15) is 0 Å². The van der Waals surface area contributed by atoms with E-state index in [9.17, 15) is 19.2 Å². The van der Waals surface area contributed by atoms with Gasteiger partial charge in [0, 0.05) is 7.05 Å². The summed E-state index contributed by atoms with van der Waals surface area (Å²) in [5.41, 5.74) is 2.38. The maximum Gasteiger partial charge on any atom is 0.255 e. The van der Waals surface area contributed by atoms with Crippen LogP contribution in [0.15, 0.2) is 78.9 Å². The second kappa shape index (κ2) is 15.6. The van der Waals surface area contributed by atoms with Crippen LogP contribution in [0.25, 0.3) is 11.1 Å². The SMILES string of the molecule is CC(C)C[C@@H]1NC(=O)C[C@@H](C(=O)NCCOc2ccc(-c3ccccc3)cc2)NC(=O)c2ccccc2OCCN(C)C1=O. The fourth-order valence-corrected chi connectivity index (χ4v) is 4.87. The van der Waals surface area contributed by atoms with Gasteiger partial charge in [0.2, 0.25) is 17.7 Å². The van der Waals surface area contributed by atoms with Crippen molar-refractivity contribution in [3.8, 4) is 22.6 Å². The molecule has 0 aromatic heterocycles. The standard InChI is InChI=1S/C34H40N4O6/c1-23(2)21-29-34(42)38(3)18-20-44-30-12-8-7-11-27(30)32(40)37-28(22-31(39)36-29)33(41)35-17-19-43-26-15-13-25(14-16-26)24-9-5-4-6-10-24/h4-16,23,28-29H,17-22H2,1-3H3,(H,35,41)(H,36,39)(H,37,40)/t28-,29-/m0/s1. The molecule has 44 heavy (non-hydrogen) atoms. The van der Waals surface area contributed by atoms with Crippen molar-refractivity contribution in [2.45, 2.75) is 38.8 Å². The lowest BCUT2D eigenvalue weighted by atomic mass is 10.0. The number of carbonyl (C=O) groups excluding carboxylic acids is 4. The molecule has 232 valence electrons. The van der Waals surface area contributed by atoms with Crippen LogP contribution < -0.4 is 25.4 Å². The minimum absolute atomic E-state index is 0.132. The van der Waals surface area contributed by atoms with Gasteiger partial charge in [-0.25, -0.2) is 0 Å². The molecule has 4 rings (SSSR count). The smallest absolute Gasteiger partial charge is 0.255 e. The number of benzene rings is 3. The van der Waals surface area contributed by atoms with E-state index in [1.165, 1.54) is 4.90 Å². The molecule has 0 spiro atoms. The van der Waals surface area contributed by atoms with Gasteiger partial charge < -0.3 is 30.3 Å². The zero-order valence-corrected chi connectivity index (χ0v) is 25.4. The highest BCUT2D eigenvalue weighted by Gasteiger charge is 2.30. The van der Waals surface area contributed by atoms with Crippen LogP contribution in [0.1, 0.15) is 37.0 Å². The Morgan fingerprint density at radius 2 is 1.64 bits per heavy atom. The Morgan fingerprint density at radius 3 is 2.36 bits per heavy atom. The highest BCUT2D eigenvalue weighted by atomic mass is 16.5. The number of fused-ring (bicyclic) bond motifs is 1. The molecule has 0 unspecified atom stereocenters. The number of hydrogen-bond donors (Lipinski definition) is 3. The van der Waals surface area contributed by atoms with Gasteiger partial charge in [-0.15, -0.1) is 0 Å². The molecule has 1 aliphatic rings. The van der Waals surface area contributed by atoms with Crippen molar-refractivity contribution < 1.29 is 28.7 Å². The van der Waals surface area contributed by atoms with Crippen LogP contribution in [0, 0.1) is 5.92 Å². The van der Waals surface area contributed by atoms with Gasteiger partial charge in [0.05, 0.1) is 25.1 Å². The molecule has 0 saturated carbocycles. The van der Waals surface area contributed by atoms with Crippen LogP contribution in [0.2, 0.25) is 0 Å². The van der Waals surface area contributed by atoms with E-state index in [1.807, 2.05) is 68.4 Å². The maximum absolute atomic E-state index is 13.3. The number of amides is 4. The summed E-state index contributed by atoms with van der Waals surface area (Å²) in [5, 5.41) is 8.22. The molecule has 3 aromatic carbocycles. The lowest BCUT2D eigenvalue weighted by Gasteiger charge is -2.27. The van der Waals surface area contributed by atoms with E-state index < -0.39 is 29.8 Å². The zero-order chi connectivity index (χ0) is 31.5. The van der Waals surface area contributed by atoms with Gasteiger partial charge in [-0.3, -0.25) is 19.2 Å². The Balaban J connectivity index is 1.43. The summed E-state index contributed by atoms with van der Waals surface area (Å²) < 4.78 is 11.6. The third-order valence-corrected chi connectivity index (χ3v) is 7.18. The topological polar surface area (TPSA) is 126 Å². The van der Waals surface area contributed by atoms with Crippen LogP contribution in [0.5, 0.6) is 11.5 Å². The molecule has 0 aliphatic carbocycles. The van der Waals surface area contributed by atoms with Gasteiger partial charge in [0.25, 0.3) is 5.91 Å².